The van der Waals surface area contributed by atoms with E-state index in [1.807, 2.05) is 6.07 Å². The van der Waals surface area contributed by atoms with Crippen molar-refractivity contribution in [1.29, 1.82) is 0 Å². The van der Waals surface area contributed by atoms with E-state index in [4.69, 9.17) is 0 Å². The zero-order chi connectivity index (χ0) is 12.4. The maximum Gasteiger partial charge on any atom is 0.146 e. The summed E-state index contributed by atoms with van der Waals surface area (Å²) in [6.45, 7) is 0.659. The molecule has 1 nitrogen and oxygen atoms in total. The number of nitrogens with one attached hydrogen (secondary N) is 1. The van der Waals surface area contributed by atoms with Crippen LogP contribution in [-0.4, -0.2) is 0 Å². The lowest BCUT2D eigenvalue weighted by molar-refractivity contribution is 0.630. The van der Waals surface area contributed by atoms with E-state index in [2.05, 4.69) is 29.6 Å². The van der Waals surface area contributed by atoms with E-state index in [9.17, 15) is 4.39 Å². The molecule has 2 aromatic rings. The molecule has 2 heteroatoms. The number of rotatable bonds is 4. The van der Waals surface area contributed by atoms with Gasteiger partial charge in [-0.25, -0.2) is 4.39 Å². The molecular formula is C16H16FN. The molecule has 0 heterocycles. The molecule has 92 valence electrons. The Morgan fingerprint density at radius 2 is 1.72 bits per heavy atom. The van der Waals surface area contributed by atoms with Crippen molar-refractivity contribution in [2.75, 3.05) is 5.32 Å². The van der Waals surface area contributed by atoms with Crippen molar-refractivity contribution in [1.82, 2.24) is 0 Å². The van der Waals surface area contributed by atoms with Gasteiger partial charge in [0.2, 0.25) is 0 Å². The van der Waals surface area contributed by atoms with Gasteiger partial charge in [-0.1, -0.05) is 36.4 Å². The van der Waals surface area contributed by atoms with Crippen LogP contribution < -0.4 is 5.32 Å². The predicted molar refractivity (Wildman–Crippen MR) is 72.1 cm³/mol. The lowest BCUT2D eigenvalue weighted by Gasteiger charge is -2.08. The van der Waals surface area contributed by atoms with Gasteiger partial charge in [0.25, 0.3) is 0 Å². The molecule has 3 rings (SSSR count). The van der Waals surface area contributed by atoms with Gasteiger partial charge in [-0.05, 0) is 42.0 Å². The molecule has 1 saturated carbocycles. The molecule has 1 aliphatic carbocycles. The first-order valence-electron chi connectivity index (χ1n) is 6.40. The molecule has 2 aromatic carbocycles. The van der Waals surface area contributed by atoms with Crippen LogP contribution in [-0.2, 0) is 6.54 Å². The largest absolute Gasteiger partial charge is 0.379 e. The maximum atomic E-state index is 13.4. The highest BCUT2D eigenvalue weighted by Gasteiger charge is 2.22. The first-order valence-corrected chi connectivity index (χ1v) is 6.40. The summed E-state index contributed by atoms with van der Waals surface area (Å²) in [4.78, 5) is 0. The van der Waals surface area contributed by atoms with Gasteiger partial charge in [0, 0.05) is 6.54 Å². The summed E-state index contributed by atoms with van der Waals surface area (Å²) in [5, 5.41) is 3.12. The summed E-state index contributed by atoms with van der Waals surface area (Å²) in [7, 11) is 0. The third kappa shape index (κ3) is 2.53. The Labute approximate surface area is 107 Å². The van der Waals surface area contributed by atoms with E-state index in [-0.39, 0.29) is 5.82 Å². The van der Waals surface area contributed by atoms with Gasteiger partial charge >= 0.3 is 0 Å². The number of hydrogen-bond donors (Lipinski definition) is 1. The molecule has 0 spiro atoms. The van der Waals surface area contributed by atoms with Crippen LogP contribution in [0.25, 0.3) is 0 Å². The summed E-state index contributed by atoms with van der Waals surface area (Å²) >= 11 is 0. The summed E-state index contributed by atoms with van der Waals surface area (Å²) in [5.74, 6) is 0.589. The fourth-order valence-electron chi connectivity index (χ4n) is 2.13. The monoisotopic (exact) mass is 241 g/mol. The third-order valence-corrected chi connectivity index (χ3v) is 3.39. The lowest BCUT2D eigenvalue weighted by Crippen LogP contribution is -2.01. The van der Waals surface area contributed by atoms with E-state index in [1.165, 1.54) is 30.0 Å². The Hall–Kier alpha value is -1.83. The van der Waals surface area contributed by atoms with Crippen molar-refractivity contribution < 1.29 is 4.39 Å². The number of hydrogen-bond acceptors (Lipinski definition) is 1. The van der Waals surface area contributed by atoms with Crippen molar-refractivity contribution in [2.24, 2.45) is 0 Å². The van der Waals surface area contributed by atoms with Gasteiger partial charge in [0.15, 0.2) is 0 Å². The predicted octanol–water partition coefficient (Wildman–Crippen LogP) is 4.32. The molecule has 0 radical (unpaired) electrons. The van der Waals surface area contributed by atoms with Crippen LogP contribution in [0.2, 0.25) is 0 Å². The van der Waals surface area contributed by atoms with Crippen LogP contribution in [0.3, 0.4) is 0 Å². The zero-order valence-corrected chi connectivity index (χ0v) is 10.2. The van der Waals surface area contributed by atoms with Gasteiger partial charge in [-0.3, -0.25) is 0 Å². The second-order valence-corrected chi connectivity index (χ2v) is 4.85. The molecule has 0 amide bonds. The fourth-order valence-corrected chi connectivity index (χ4v) is 2.13. The molecule has 0 atom stereocenters. The van der Waals surface area contributed by atoms with Crippen molar-refractivity contribution in [3.8, 4) is 0 Å². The molecule has 0 bridgehead atoms. The number of benzene rings is 2. The topological polar surface area (TPSA) is 12.0 Å². The molecule has 0 saturated heterocycles. The van der Waals surface area contributed by atoms with Gasteiger partial charge in [-0.2, -0.15) is 0 Å². The Kier molecular flexibility index (Phi) is 3.01. The molecule has 1 N–H and O–H groups in total. The van der Waals surface area contributed by atoms with Gasteiger partial charge < -0.3 is 5.32 Å². The average molecular weight is 241 g/mol. The first kappa shape index (κ1) is 11.3. The van der Waals surface area contributed by atoms with Crippen LogP contribution in [0.4, 0.5) is 10.1 Å². The van der Waals surface area contributed by atoms with E-state index >= 15 is 0 Å². The van der Waals surface area contributed by atoms with Gasteiger partial charge in [0.1, 0.15) is 5.82 Å². The van der Waals surface area contributed by atoms with Crippen molar-refractivity contribution in [3.05, 3.63) is 65.5 Å². The molecule has 18 heavy (non-hydrogen) atoms. The molecule has 0 aromatic heterocycles. The Morgan fingerprint density at radius 3 is 2.39 bits per heavy atom. The second-order valence-electron chi connectivity index (χ2n) is 4.85. The van der Waals surface area contributed by atoms with E-state index < -0.39 is 0 Å². The molecule has 0 aliphatic heterocycles. The number of halogens is 1. The van der Waals surface area contributed by atoms with E-state index in [1.54, 1.807) is 12.1 Å². The summed E-state index contributed by atoms with van der Waals surface area (Å²) < 4.78 is 13.4. The highest BCUT2D eigenvalue weighted by atomic mass is 19.1. The van der Waals surface area contributed by atoms with Gasteiger partial charge in [0.05, 0.1) is 5.69 Å². The standard InChI is InChI=1S/C16H16FN/c17-15-3-1-2-4-16(15)18-11-12-5-7-13(8-6-12)14-9-10-14/h1-8,14,18H,9-11H2. The Morgan fingerprint density at radius 1 is 1.00 bits per heavy atom. The molecule has 0 unspecified atom stereocenters. The van der Waals surface area contributed by atoms with Crippen LogP contribution >= 0.6 is 0 Å². The second kappa shape index (κ2) is 4.81. The van der Waals surface area contributed by atoms with Crippen LogP contribution in [0, 0.1) is 5.82 Å². The minimum absolute atomic E-state index is 0.202. The van der Waals surface area contributed by atoms with E-state index in [0.29, 0.717) is 12.2 Å². The third-order valence-electron chi connectivity index (χ3n) is 3.39. The highest BCUT2D eigenvalue weighted by Crippen LogP contribution is 2.39. The van der Waals surface area contributed by atoms with Crippen LogP contribution in [0.1, 0.15) is 29.9 Å². The first-order chi connectivity index (χ1) is 8.83. The smallest absolute Gasteiger partial charge is 0.146 e. The summed E-state index contributed by atoms with van der Waals surface area (Å²) in [6.07, 6.45) is 2.65. The number of anilines is 1. The van der Waals surface area contributed by atoms with E-state index in [0.717, 1.165) is 5.92 Å². The normalized spacial score (nSPS) is 14.5. The molecular weight excluding hydrogens is 225 g/mol. The number of para-hydroxylation sites is 1. The van der Waals surface area contributed by atoms with Crippen molar-refractivity contribution >= 4 is 5.69 Å². The molecule has 1 aliphatic rings. The average Bonchev–Trinajstić information content (AvgIpc) is 3.23. The van der Waals surface area contributed by atoms with Crippen molar-refractivity contribution in [2.45, 2.75) is 25.3 Å². The SMILES string of the molecule is Fc1ccccc1NCc1ccc(C2CC2)cc1. The fraction of sp³-hybridized carbons (Fsp3) is 0.250. The maximum absolute atomic E-state index is 13.4. The summed E-state index contributed by atoms with van der Waals surface area (Å²) in [5.41, 5.74) is 3.18. The zero-order valence-electron chi connectivity index (χ0n) is 10.2. The van der Waals surface area contributed by atoms with Crippen LogP contribution in [0.15, 0.2) is 48.5 Å². The Balaban J connectivity index is 1.64. The minimum atomic E-state index is -0.202. The van der Waals surface area contributed by atoms with Crippen molar-refractivity contribution in [3.63, 3.8) is 0 Å². The molecule has 1 fully saturated rings. The quantitative estimate of drug-likeness (QED) is 0.840. The minimum Gasteiger partial charge on any atom is -0.379 e. The highest BCUT2D eigenvalue weighted by molar-refractivity contribution is 5.45. The van der Waals surface area contributed by atoms with Crippen LogP contribution in [0.5, 0.6) is 0 Å². The Bertz CT molecular complexity index is 529. The lowest BCUT2D eigenvalue weighted by atomic mass is 10.1. The summed E-state index contributed by atoms with van der Waals surface area (Å²) in [6, 6.07) is 15.4. The van der Waals surface area contributed by atoms with Gasteiger partial charge in [-0.15, -0.1) is 0 Å².